The van der Waals surface area contributed by atoms with Crippen molar-refractivity contribution in [3.05, 3.63) is 249 Å². The van der Waals surface area contributed by atoms with Gasteiger partial charge >= 0.3 is 0 Å². The standard InChI is InChI=1S/C64H41NOS/c1-3-15-43(16-4-1)50-39-34-47(41-57(50)44-17-5-2-6-18-44)42-29-35-48(36-30-42)65(49-37-31-46(32-38-49)51-23-14-28-61-63(51)55-22-10-12-27-60(55)67-61)58-25-11-9-21-53(58)54-24-13-26-59-62(54)56-40-33-45-19-7-8-20-52(45)64(56)66-59/h1-41H. The second-order valence-corrected chi connectivity index (χ2v) is 18.2. The van der Waals surface area contributed by atoms with E-state index in [-0.39, 0.29) is 0 Å². The van der Waals surface area contributed by atoms with Crippen LogP contribution in [0, 0.1) is 0 Å². The van der Waals surface area contributed by atoms with Gasteiger partial charge in [0.25, 0.3) is 0 Å². The highest BCUT2D eigenvalue weighted by atomic mass is 32.1. The van der Waals surface area contributed by atoms with E-state index < -0.39 is 0 Å². The molecular formula is C64H41NOS. The molecule has 2 nitrogen and oxygen atoms in total. The molecule has 0 amide bonds. The number of para-hydroxylation sites is 1. The van der Waals surface area contributed by atoms with Crippen LogP contribution in [0.2, 0.25) is 0 Å². The molecule has 0 fully saturated rings. The Labute approximate surface area is 392 Å². The highest BCUT2D eigenvalue weighted by Crippen LogP contribution is 2.47. The van der Waals surface area contributed by atoms with Crippen molar-refractivity contribution in [2.24, 2.45) is 0 Å². The number of furan rings is 1. The van der Waals surface area contributed by atoms with Gasteiger partial charge in [0.15, 0.2) is 0 Å². The monoisotopic (exact) mass is 871 g/mol. The van der Waals surface area contributed by atoms with Gasteiger partial charge in [0.1, 0.15) is 11.2 Å². The van der Waals surface area contributed by atoms with Crippen LogP contribution in [0.4, 0.5) is 17.1 Å². The predicted octanol–water partition coefficient (Wildman–Crippen LogP) is 18.9. The van der Waals surface area contributed by atoms with Crippen LogP contribution < -0.4 is 4.90 Å². The fourth-order valence-corrected chi connectivity index (χ4v) is 11.3. The van der Waals surface area contributed by atoms with Crippen LogP contribution in [-0.2, 0) is 0 Å². The van der Waals surface area contributed by atoms with E-state index in [9.17, 15) is 0 Å². The summed E-state index contributed by atoms with van der Waals surface area (Å²) in [5.74, 6) is 0. The van der Waals surface area contributed by atoms with Crippen LogP contribution in [0.15, 0.2) is 253 Å². The molecule has 0 atom stereocenters. The Hall–Kier alpha value is -8.50. The number of hydrogen-bond donors (Lipinski definition) is 0. The second-order valence-electron chi connectivity index (χ2n) is 17.2. The lowest BCUT2D eigenvalue weighted by molar-refractivity contribution is 0.673. The highest BCUT2D eigenvalue weighted by Gasteiger charge is 2.22. The van der Waals surface area contributed by atoms with Gasteiger partial charge in [0.05, 0.1) is 5.69 Å². The Morgan fingerprint density at radius 2 is 0.896 bits per heavy atom. The Morgan fingerprint density at radius 1 is 0.313 bits per heavy atom. The third kappa shape index (κ3) is 6.71. The molecule has 0 aliphatic rings. The first-order valence-corrected chi connectivity index (χ1v) is 23.6. The van der Waals surface area contributed by atoms with Crippen LogP contribution in [0.1, 0.15) is 0 Å². The predicted molar refractivity (Wildman–Crippen MR) is 286 cm³/mol. The number of hydrogen-bond acceptors (Lipinski definition) is 3. The maximum Gasteiger partial charge on any atom is 0.143 e. The highest BCUT2D eigenvalue weighted by molar-refractivity contribution is 7.25. The van der Waals surface area contributed by atoms with E-state index in [0.29, 0.717) is 0 Å². The van der Waals surface area contributed by atoms with Crippen LogP contribution >= 0.6 is 11.3 Å². The minimum Gasteiger partial charge on any atom is -0.455 e. The van der Waals surface area contributed by atoms with Gasteiger partial charge in [0, 0.05) is 53.3 Å². The molecule has 0 bridgehead atoms. The average Bonchev–Trinajstić information content (AvgIpc) is 3.99. The third-order valence-electron chi connectivity index (χ3n) is 13.3. The lowest BCUT2D eigenvalue weighted by atomic mass is 9.91. The van der Waals surface area contributed by atoms with Crippen molar-refractivity contribution < 1.29 is 4.42 Å². The quantitative estimate of drug-likeness (QED) is 0.151. The molecule has 0 spiro atoms. The summed E-state index contributed by atoms with van der Waals surface area (Å²) >= 11 is 1.86. The molecule has 2 heterocycles. The first-order chi connectivity index (χ1) is 33.2. The molecule has 0 aliphatic heterocycles. The zero-order valence-corrected chi connectivity index (χ0v) is 37.3. The molecule has 3 heteroatoms. The minimum absolute atomic E-state index is 0.877. The molecule has 0 radical (unpaired) electrons. The molecule has 13 aromatic rings. The maximum atomic E-state index is 6.72. The molecule has 0 saturated carbocycles. The van der Waals surface area contributed by atoms with Gasteiger partial charge in [-0.25, -0.2) is 0 Å². The van der Waals surface area contributed by atoms with Gasteiger partial charge < -0.3 is 9.32 Å². The van der Waals surface area contributed by atoms with Gasteiger partial charge in [-0.1, -0.05) is 188 Å². The molecule has 67 heavy (non-hydrogen) atoms. The summed E-state index contributed by atoms with van der Waals surface area (Å²) in [7, 11) is 0. The summed E-state index contributed by atoms with van der Waals surface area (Å²) in [6.45, 7) is 0. The zero-order chi connectivity index (χ0) is 44.3. The third-order valence-corrected chi connectivity index (χ3v) is 14.4. The van der Waals surface area contributed by atoms with Gasteiger partial charge in [-0.15, -0.1) is 11.3 Å². The lowest BCUT2D eigenvalue weighted by Crippen LogP contribution is -2.11. The van der Waals surface area contributed by atoms with Crippen LogP contribution in [0.3, 0.4) is 0 Å². The van der Waals surface area contributed by atoms with E-state index in [1.54, 1.807) is 0 Å². The number of anilines is 3. The first kappa shape index (κ1) is 38.9. The van der Waals surface area contributed by atoms with Crippen molar-refractivity contribution in [1.82, 2.24) is 0 Å². The fraction of sp³-hybridized carbons (Fsp3) is 0. The van der Waals surface area contributed by atoms with E-state index in [1.807, 2.05) is 11.3 Å². The Morgan fingerprint density at radius 3 is 1.69 bits per heavy atom. The maximum absolute atomic E-state index is 6.72. The number of rotatable bonds is 8. The second kappa shape index (κ2) is 16.2. The molecule has 0 saturated heterocycles. The van der Waals surface area contributed by atoms with Crippen LogP contribution in [0.25, 0.3) is 109 Å². The van der Waals surface area contributed by atoms with Gasteiger partial charge in [-0.3, -0.25) is 0 Å². The van der Waals surface area contributed by atoms with Crippen molar-refractivity contribution in [3.63, 3.8) is 0 Å². The van der Waals surface area contributed by atoms with Gasteiger partial charge in [-0.05, 0) is 116 Å². The molecule has 13 rings (SSSR count). The molecule has 0 N–H and O–H groups in total. The summed E-state index contributed by atoms with van der Waals surface area (Å²) in [4.78, 5) is 2.41. The van der Waals surface area contributed by atoms with E-state index in [4.69, 9.17) is 4.42 Å². The minimum atomic E-state index is 0.877. The van der Waals surface area contributed by atoms with E-state index in [2.05, 4.69) is 254 Å². The Kier molecular flexibility index (Phi) is 9.40. The number of nitrogens with zero attached hydrogens (tertiary/aromatic N) is 1. The topological polar surface area (TPSA) is 16.4 Å². The summed E-state index contributed by atoms with van der Waals surface area (Å²) in [5, 5.41) is 7.13. The Bertz CT molecular complexity index is 3960. The fourth-order valence-electron chi connectivity index (χ4n) is 10.2. The molecule has 2 aromatic heterocycles. The van der Waals surface area contributed by atoms with Crippen molar-refractivity contribution in [1.29, 1.82) is 0 Å². The normalized spacial score (nSPS) is 11.6. The van der Waals surface area contributed by atoms with E-state index in [1.165, 1.54) is 64.5 Å². The lowest BCUT2D eigenvalue weighted by Gasteiger charge is -2.28. The van der Waals surface area contributed by atoms with Gasteiger partial charge in [-0.2, -0.15) is 0 Å². The smallest absolute Gasteiger partial charge is 0.143 e. The molecular weight excluding hydrogens is 831 g/mol. The number of thiophene rings is 1. The average molecular weight is 872 g/mol. The van der Waals surface area contributed by atoms with Crippen molar-refractivity contribution in [2.75, 3.05) is 4.90 Å². The Balaban J connectivity index is 0.966. The van der Waals surface area contributed by atoms with Crippen LogP contribution in [-0.4, -0.2) is 0 Å². The first-order valence-electron chi connectivity index (χ1n) is 22.8. The largest absolute Gasteiger partial charge is 0.455 e. The number of fused-ring (bicyclic) bond motifs is 8. The zero-order valence-electron chi connectivity index (χ0n) is 36.4. The SMILES string of the molecule is c1ccc(-c2ccc(-c3ccc(N(c4ccc(-c5cccc6sc7ccccc7c56)cc4)c4ccccc4-c4cccc5oc6c7ccccc7ccc6c45)cc3)cc2-c2ccccc2)cc1. The molecule has 0 aliphatic carbocycles. The molecule has 314 valence electrons. The van der Waals surface area contributed by atoms with Crippen molar-refractivity contribution in [3.8, 4) is 55.6 Å². The van der Waals surface area contributed by atoms with Crippen LogP contribution in [0.5, 0.6) is 0 Å². The van der Waals surface area contributed by atoms with E-state index in [0.717, 1.165) is 61.1 Å². The molecule has 11 aromatic carbocycles. The van der Waals surface area contributed by atoms with E-state index >= 15 is 0 Å². The van der Waals surface area contributed by atoms with Crippen molar-refractivity contribution in [2.45, 2.75) is 0 Å². The summed E-state index contributed by atoms with van der Waals surface area (Å²) in [5.41, 5.74) is 16.9. The summed E-state index contributed by atoms with van der Waals surface area (Å²) < 4.78 is 9.33. The number of benzene rings is 11. The van der Waals surface area contributed by atoms with Crippen molar-refractivity contribution >= 4 is 81.3 Å². The summed E-state index contributed by atoms with van der Waals surface area (Å²) in [6, 6.07) is 90.1. The van der Waals surface area contributed by atoms with Gasteiger partial charge in [0.2, 0.25) is 0 Å². The molecule has 0 unspecified atom stereocenters. The summed E-state index contributed by atoms with van der Waals surface area (Å²) in [6.07, 6.45) is 0.